The maximum absolute atomic E-state index is 11.8. The number of carbonyl (C=O) groups is 2. The highest BCUT2D eigenvalue weighted by molar-refractivity contribution is 5.96. The first-order chi connectivity index (χ1) is 10.5. The topological polar surface area (TPSA) is 96.0 Å². The van der Waals surface area contributed by atoms with Crippen molar-refractivity contribution in [3.05, 3.63) is 53.3 Å². The molecule has 0 bridgehead atoms. The van der Waals surface area contributed by atoms with Crippen molar-refractivity contribution in [2.24, 2.45) is 0 Å². The lowest BCUT2D eigenvalue weighted by atomic mass is 10.2. The summed E-state index contributed by atoms with van der Waals surface area (Å²) in [5.41, 5.74) is 7.14. The van der Waals surface area contributed by atoms with Gasteiger partial charge in [-0.2, -0.15) is 0 Å². The second-order valence-corrected chi connectivity index (χ2v) is 4.70. The van der Waals surface area contributed by atoms with Crippen LogP contribution < -0.4 is 16.2 Å². The van der Waals surface area contributed by atoms with E-state index < -0.39 is 5.91 Å². The molecule has 0 saturated heterocycles. The summed E-state index contributed by atoms with van der Waals surface area (Å²) in [6.45, 7) is 3.52. The Kier molecular flexibility index (Phi) is 5.02. The largest absolute Gasteiger partial charge is 0.343 e. The van der Waals surface area contributed by atoms with Gasteiger partial charge in [-0.1, -0.05) is 18.2 Å². The Morgan fingerprint density at radius 1 is 1.05 bits per heavy atom. The van der Waals surface area contributed by atoms with Gasteiger partial charge in [0, 0.05) is 17.0 Å². The molecule has 0 spiro atoms. The van der Waals surface area contributed by atoms with Crippen molar-refractivity contribution in [3.63, 3.8) is 0 Å². The molecule has 0 aliphatic rings. The number of anilines is 1. The minimum absolute atomic E-state index is 0.147. The average molecular weight is 299 g/mol. The zero-order chi connectivity index (χ0) is 15.9. The van der Waals surface area contributed by atoms with Crippen LogP contribution in [0.15, 0.2) is 36.4 Å². The highest BCUT2D eigenvalue weighted by atomic mass is 16.2. The Hall–Kier alpha value is -2.96. The lowest BCUT2D eigenvalue weighted by Gasteiger charge is -2.09. The summed E-state index contributed by atoms with van der Waals surface area (Å²) < 4.78 is 0. The molecule has 7 heteroatoms. The first kappa shape index (κ1) is 15.4. The molecule has 2 amide bonds. The number of amides is 2. The Balaban J connectivity index is 1.80. The van der Waals surface area contributed by atoms with Crippen molar-refractivity contribution in [2.45, 2.75) is 13.8 Å². The summed E-state index contributed by atoms with van der Waals surface area (Å²) in [5, 5.41) is 2.53. The molecule has 0 radical (unpaired) electrons. The monoisotopic (exact) mass is 299 g/mol. The van der Waals surface area contributed by atoms with E-state index in [0.29, 0.717) is 11.5 Å². The fraction of sp³-hybridized carbons (Fsp3) is 0.200. The van der Waals surface area contributed by atoms with Crippen molar-refractivity contribution in [2.75, 3.05) is 12.0 Å². The van der Waals surface area contributed by atoms with E-state index in [0.717, 1.165) is 11.4 Å². The molecule has 0 atom stereocenters. The molecule has 3 N–H and O–H groups in total. The van der Waals surface area contributed by atoms with Gasteiger partial charge in [0.1, 0.15) is 0 Å². The summed E-state index contributed by atoms with van der Waals surface area (Å²) in [4.78, 5) is 31.7. The van der Waals surface area contributed by atoms with Gasteiger partial charge in [0.05, 0.1) is 6.54 Å². The summed E-state index contributed by atoms with van der Waals surface area (Å²) >= 11 is 0. The van der Waals surface area contributed by atoms with Gasteiger partial charge < -0.3 is 5.32 Å². The number of aromatic nitrogens is 2. The van der Waals surface area contributed by atoms with Crippen LogP contribution in [0.1, 0.15) is 21.7 Å². The van der Waals surface area contributed by atoms with Crippen molar-refractivity contribution in [1.29, 1.82) is 0 Å². The zero-order valence-electron chi connectivity index (χ0n) is 12.4. The minimum atomic E-state index is -0.396. The van der Waals surface area contributed by atoms with Crippen LogP contribution in [-0.4, -0.2) is 28.3 Å². The molecular formula is C15H17N5O2. The average Bonchev–Trinajstić information content (AvgIpc) is 2.50. The Morgan fingerprint density at radius 2 is 1.68 bits per heavy atom. The molecule has 0 saturated carbocycles. The Morgan fingerprint density at radius 3 is 2.32 bits per heavy atom. The number of aryl methyl sites for hydroxylation is 2. The number of rotatable bonds is 5. The molecular weight excluding hydrogens is 282 g/mol. The molecule has 1 aromatic heterocycles. The fourth-order valence-electron chi connectivity index (χ4n) is 1.80. The van der Waals surface area contributed by atoms with Crippen LogP contribution in [0.5, 0.6) is 0 Å². The highest BCUT2D eigenvalue weighted by Crippen LogP contribution is 2.02. The zero-order valence-corrected chi connectivity index (χ0v) is 12.4. The molecule has 114 valence electrons. The SMILES string of the molecule is Cc1cc(C)nc(NNC(=O)CNC(=O)c2ccccc2)n1. The third-order valence-corrected chi connectivity index (χ3v) is 2.74. The van der Waals surface area contributed by atoms with E-state index in [1.165, 1.54) is 0 Å². The van der Waals surface area contributed by atoms with Crippen LogP contribution in [0.3, 0.4) is 0 Å². The van der Waals surface area contributed by atoms with Crippen LogP contribution in [0.4, 0.5) is 5.95 Å². The molecule has 7 nitrogen and oxygen atoms in total. The predicted molar refractivity (Wildman–Crippen MR) is 82.0 cm³/mol. The fourth-order valence-corrected chi connectivity index (χ4v) is 1.80. The number of hydrogen-bond donors (Lipinski definition) is 3. The molecule has 22 heavy (non-hydrogen) atoms. The maximum Gasteiger partial charge on any atom is 0.257 e. The number of nitrogens with zero attached hydrogens (tertiary/aromatic N) is 2. The third-order valence-electron chi connectivity index (χ3n) is 2.74. The normalized spacial score (nSPS) is 9.91. The molecule has 2 aromatic rings. The van der Waals surface area contributed by atoms with Crippen molar-refractivity contribution < 1.29 is 9.59 Å². The number of hydrogen-bond acceptors (Lipinski definition) is 5. The summed E-state index contributed by atoms with van der Waals surface area (Å²) in [6.07, 6.45) is 0. The maximum atomic E-state index is 11.8. The minimum Gasteiger partial charge on any atom is -0.343 e. The van der Waals surface area contributed by atoms with Crippen molar-refractivity contribution >= 4 is 17.8 Å². The van der Waals surface area contributed by atoms with Crippen LogP contribution in [0.25, 0.3) is 0 Å². The van der Waals surface area contributed by atoms with Gasteiger partial charge in [0.2, 0.25) is 5.95 Å². The van der Waals surface area contributed by atoms with Crippen molar-refractivity contribution in [1.82, 2.24) is 20.7 Å². The third kappa shape index (κ3) is 4.55. The van der Waals surface area contributed by atoms with Gasteiger partial charge in [-0.25, -0.2) is 9.97 Å². The van der Waals surface area contributed by atoms with Crippen LogP contribution in [0.2, 0.25) is 0 Å². The lowest BCUT2D eigenvalue weighted by Crippen LogP contribution is -2.39. The second-order valence-electron chi connectivity index (χ2n) is 4.70. The van der Waals surface area contributed by atoms with Gasteiger partial charge in [-0.15, -0.1) is 0 Å². The summed E-state index contributed by atoms with van der Waals surface area (Å²) in [7, 11) is 0. The highest BCUT2D eigenvalue weighted by Gasteiger charge is 2.07. The summed E-state index contributed by atoms with van der Waals surface area (Å²) in [5.74, 6) is -0.398. The smallest absolute Gasteiger partial charge is 0.257 e. The van der Waals surface area contributed by atoms with Crippen LogP contribution in [0, 0.1) is 13.8 Å². The predicted octanol–water partition coefficient (Wildman–Crippen LogP) is 0.967. The number of hydrazine groups is 1. The Bertz CT molecular complexity index is 653. The lowest BCUT2D eigenvalue weighted by molar-refractivity contribution is -0.119. The van der Waals surface area contributed by atoms with Crippen LogP contribution in [-0.2, 0) is 4.79 Å². The van der Waals surface area contributed by atoms with Crippen molar-refractivity contribution in [3.8, 4) is 0 Å². The quantitative estimate of drug-likeness (QED) is 0.715. The van der Waals surface area contributed by atoms with Gasteiger partial charge in [0.25, 0.3) is 11.8 Å². The molecule has 0 aliphatic carbocycles. The Labute approximate surface area is 128 Å². The van der Waals surface area contributed by atoms with Crippen LogP contribution >= 0.6 is 0 Å². The second kappa shape index (κ2) is 7.16. The summed E-state index contributed by atoms with van der Waals surface area (Å²) in [6, 6.07) is 10.5. The first-order valence-electron chi connectivity index (χ1n) is 6.75. The molecule has 0 fully saturated rings. The van der Waals surface area contributed by atoms with Gasteiger partial charge >= 0.3 is 0 Å². The molecule has 0 unspecified atom stereocenters. The molecule has 1 aromatic carbocycles. The number of nitrogens with one attached hydrogen (secondary N) is 3. The van der Waals surface area contributed by atoms with Gasteiger partial charge in [-0.05, 0) is 32.0 Å². The van der Waals surface area contributed by atoms with E-state index >= 15 is 0 Å². The molecule has 2 rings (SSSR count). The van der Waals surface area contributed by atoms with E-state index in [9.17, 15) is 9.59 Å². The number of benzene rings is 1. The van der Waals surface area contributed by atoms with E-state index in [1.807, 2.05) is 26.0 Å². The standard InChI is InChI=1S/C15H17N5O2/c1-10-8-11(2)18-15(17-10)20-19-13(21)9-16-14(22)12-6-4-3-5-7-12/h3-8H,9H2,1-2H3,(H,16,22)(H,19,21)(H,17,18,20). The molecule has 1 heterocycles. The number of carbonyl (C=O) groups excluding carboxylic acids is 2. The van der Waals surface area contributed by atoms with E-state index in [4.69, 9.17) is 0 Å². The van der Waals surface area contributed by atoms with E-state index in [-0.39, 0.29) is 12.5 Å². The molecule has 0 aliphatic heterocycles. The first-order valence-corrected chi connectivity index (χ1v) is 6.75. The van der Waals surface area contributed by atoms with Gasteiger partial charge in [0.15, 0.2) is 0 Å². The van der Waals surface area contributed by atoms with Gasteiger partial charge in [-0.3, -0.25) is 20.4 Å². The van der Waals surface area contributed by atoms with E-state index in [1.54, 1.807) is 24.3 Å². The van der Waals surface area contributed by atoms with E-state index in [2.05, 4.69) is 26.1 Å².